The number of hydrogen-bond donors (Lipinski definition) is 0. The van der Waals surface area contributed by atoms with Gasteiger partial charge in [-0.1, -0.05) is 26.7 Å². The van der Waals surface area contributed by atoms with Crippen molar-refractivity contribution >= 4 is 28.1 Å². The van der Waals surface area contributed by atoms with Crippen molar-refractivity contribution < 1.29 is 14.3 Å². The number of ether oxygens (including phenoxy) is 2. The van der Waals surface area contributed by atoms with Crippen LogP contribution in [0.1, 0.15) is 44.4 Å². The van der Waals surface area contributed by atoms with Crippen molar-refractivity contribution in [3.05, 3.63) is 53.4 Å². The Kier molecular flexibility index (Phi) is 8.06. The Morgan fingerprint density at radius 1 is 0.935 bits per heavy atom. The highest BCUT2D eigenvalue weighted by atomic mass is 32.1. The Morgan fingerprint density at radius 3 is 2.10 bits per heavy atom. The average molecular weight is 439 g/mol. The van der Waals surface area contributed by atoms with Gasteiger partial charge in [-0.15, -0.1) is 11.3 Å². The fourth-order valence-electron chi connectivity index (χ4n) is 3.34. The lowest BCUT2D eigenvalue weighted by Crippen LogP contribution is -2.25. The molecule has 5 nitrogen and oxygen atoms in total. The van der Waals surface area contributed by atoms with E-state index < -0.39 is 0 Å². The van der Waals surface area contributed by atoms with E-state index in [1.54, 1.807) is 30.5 Å². The quantitative estimate of drug-likeness (QED) is 0.356. The lowest BCUT2D eigenvalue weighted by atomic mass is 10.1. The predicted molar refractivity (Wildman–Crippen MR) is 128 cm³/mol. The van der Waals surface area contributed by atoms with Gasteiger partial charge in [-0.3, -0.25) is 9.69 Å². The molecule has 0 unspecified atom stereocenters. The zero-order valence-corrected chi connectivity index (χ0v) is 19.5. The van der Waals surface area contributed by atoms with Crippen LogP contribution in [0.4, 0.5) is 10.8 Å². The van der Waals surface area contributed by atoms with Gasteiger partial charge in [-0.25, -0.2) is 4.98 Å². The first-order valence-electron chi connectivity index (χ1n) is 10.7. The van der Waals surface area contributed by atoms with E-state index >= 15 is 0 Å². The normalized spacial score (nSPS) is 10.7. The lowest BCUT2D eigenvalue weighted by molar-refractivity contribution is -0.118. The van der Waals surface area contributed by atoms with Gasteiger partial charge < -0.3 is 9.47 Å². The summed E-state index contributed by atoms with van der Waals surface area (Å²) in [7, 11) is 3.30. The van der Waals surface area contributed by atoms with Crippen LogP contribution in [0.3, 0.4) is 0 Å². The van der Waals surface area contributed by atoms with Crippen molar-refractivity contribution in [1.29, 1.82) is 0 Å². The SMILES string of the molecule is CCCCC(=O)N(c1ccc(OC)cc1)c1nc(-c2ccc(OC)cc2)c(CCC)s1. The van der Waals surface area contributed by atoms with E-state index in [-0.39, 0.29) is 5.91 Å². The summed E-state index contributed by atoms with van der Waals surface area (Å²) in [6, 6.07) is 15.5. The second kappa shape index (κ2) is 11.0. The third-order valence-corrected chi connectivity index (χ3v) is 6.14. The van der Waals surface area contributed by atoms with E-state index in [4.69, 9.17) is 14.5 Å². The number of rotatable bonds is 10. The highest BCUT2D eigenvalue weighted by molar-refractivity contribution is 7.16. The molecule has 0 radical (unpaired) electrons. The molecule has 0 aliphatic carbocycles. The molecule has 0 N–H and O–H groups in total. The minimum atomic E-state index is 0.0603. The second-order valence-electron chi connectivity index (χ2n) is 7.28. The van der Waals surface area contributed by atoms with E-state index in [1.165, 1.54) is 4.88 Å². The molecule has 6 heteroatoms. The number of unbranched alkanes of at least 4 members (excludes halogenated alkanes) is 1. The van der Waals surface area contributed by atoms with Crippen LogP contribution in [0, 0.1) is 0 Å². The topological polar surface area (TPSA) is 51.7 Å². The molecule has 0 atom stereocenters. The van der Waals surface area contributed by atoms with Gasteiger partial charge in [0.25, 0.3) is 0 Å². The molecule has 3 rings (SSSR count). The molecular formula is C25H30N2O3S. The third-order valence-electron chi connectivity index (χ3n) is 5.04. The zero-order valence-electron chi connectivity index (χ0n) is 18.7. The summed E-state index contributed by atoms with van der Waals surface area (Å²) in [5, 5.41) is 0.709. The number of carbonyl (C=O) groups excluding carboxylic acids is 1. The molecule has 0 saturated carbocycles. The summed E-state index contributed by atoms with van der Waals surface area (Å²) in [5.74, 6) is 1.63. The van der Waals surface area contributed by atoms with Crippen LogP contribution in [-0.2, 0) is 11.2 Å². The molecule has 164 valence electrons. The summed E-state index contributed by atoms with van der Waals surface area (Å²) in [4.78, 5) is 21.1. The Balaban J connectivity index is 2.05. The average Bonchev–Trinajstić information content (AvgIpc) is 3.21. The van der Waals surface area contributed by atoms with Gasteiger partial charge in [0.1, 0.15) is 11.5 Å². The molecule has 0 bridgehead atoms. The van der Waals surface area contributed by atoms with E-state index in [0.717, 1.165) is 54.1 Å². The van der Waals surface area contributed by atoms with Gasteiger partial charge in [0.15, 0.2) is 5.13 Å². The summed E-state index contributed by atoms with van der Waals surface area (Å²) in [5.41, 5.74) is 2.77. The minimum absolute atomic E-state index is 0.0603. The van der Waals surface area contributed by atoms with Crippen LogP contribution in [-0.4, -0.2) is 25.1 Å². The van der Waals surface area contributed by atoms with Crippen LogP contribution in [0.5, 0.6) is 11.5 Å². The van der Waals surface area contributed by atoms with Crippen molar-refractivity contribution in [3.8, 4) is 22.8 Å². The highest BCUT2D eigenvalue weighted by Gasteiger charge is 2.24. The molecule has 3 aromatic rings. The number of methoxy groups -OCH3 is 2. The molecule has 1 heterocycles. The summed E-state index contributed by atoms with van der Waals surface area (Å²) >= 11 is 1.60. The molecular weight excluding hydrogens is 408 g/mol. The number of anilines is 2. The van der Waals surface area contributed by atoms with Crippen molar-refractivity contribution in [2.45, 2.75) is 46.0 Å². The third kappa shape index (κ3) is 5.44. The molecule has 0 spiro atoms. The zero-order chi connectivity index (χ0) is 22.2. The van der Waals surface area contributed by atoms with Gasteiger partial charge in [-0.05, 0) is 61.4 Å². The van der Waals surface area contributed by atoms with E-state index in [2.05, 4.69) is 13.8 Å². The molecule has 1 aromatic heterocycles. The van der Waals surface area contributed by atoms with Crippen molar-refractivity contribution in [2.75, 3.05) is 19.1 Å². The van der Waals surface area contributed by atoms with Gasteiger partial charge >= 0.3 is 0 Å². The maximum Gasteiger partial charge on any atom is 0.233 e. The van der Waals surface area contributed by atoms with Gasteiger partial charge in [0.05, 0.1) is 25.6 Å². The molecule has 2 aromatic carbocycles. The molecule has 0 saturated heterocycles. The molecule has 31 heavy (non-hydrogen) atoms. The standard InChI is InChI=1S/C25H30N2O3S/c1-5-7-9-23(28)27(19-12-16-21(30-4)17-13-19)25-26-24(22(31-25)8-6-2)18-10-14-20(29-3)15-11-18/h10-17H,5-9H2,1-4H3. The first-order valence-corrected chi connectivity index (χ1v) is 11.5. The Morgan fingerprint density at radius 2 is 1.55 bits per heavy atom. The molecule has 0 fully saturated rings. The fourth-order valence-corrected chi connectivity index (χ4v) is 4.56. The number of carbonyl (C=O) groups is 1. The monoisotopic (exact) mass is 438 g/mol. The van der Waals surface area contributed by atoms with Crippen LogP contribution >= 0.6 is 11.3 Å². The number of aromatic nitrogens is 1. The Labute approximate surface area is 188 Å². The van der Waals surface area contributed by atoms with Crippen molar-refractivity contribution in [3.63, 3.8) is 0 Å². The smallest absolute Gasteiger partial charge is 0.233 e. The lowest BCUT2D eigenvalue weighted by Gasteiger charge is -2.20. The van der Waals surface area contributed by atoms with E-state index in [9.17, 15) is 4.79 Å². The second-order valence-corrected chi connectivity index (χ2v) is 8.34. The first-order chi connectivity index (χ1) is 15.1. The summed E-state index contributed by atoms with van der Waals surface area (Å²) in [6.45, 7) is 4.25. The van der Waals surface area contributed by atoms with Gasteiger partial charge in [0.2, 0.25) is 5.91 Å². The molecule has 0 aliphatic rings. The van der Waals surface area contributed by atoms with E-state index in [0.29, 0.717) is 11.6 Å². The predicted octanol–water partition coefficient (Wildman–Crippen LogP) is 6.63. The Bertz CT molecular complexity index is 981. The van der Waals surface area contributed by atoms with Crippen LogP contribution in [0.15, 0.2) is 48.5 Å². The first kappa shape index (κ1) is 22.8. The number of amides is 1. The highest BCUT2D eigenvalue weighted by Crippen LogP contribution is 2.38. The van der Waals surface area contributed by atoms with Crippen molar-refractivity contribution in [2.24, 2.45) is 0 Å². The van der Waals surface area contributed by atoms with Gasteiger partial charge in [-0.2, -0.15) is 0 Å². The summed E-state index contributed by atoms with van der Waals surface area (Å²) < 4.78 is 10.6. The van der Waals surface area contributed by atoms with Crippen LogP contribution in [0.2, 0.25) is 0 Å². The molecule has 1 amide bonds. The Hall–Kier alpha value is -2.86. The number of aryl methyl sites for hydroxylation is 1. The number of hydrogen-bond acceptors (Lipinski definition) is 5. The van der Waals surface area contributed by atoms with E-state index in [1.807, 2.05) is 48.5 Å². The number of nitrogens with zero attached hydrogens (tertiary/aromatic N) is 2. The molecule has 0 aliphatic heterocycles. The largest absolute Gasteiger partial charge is 0.497 e. The maximum absolute atomic E-state index is 13.2. The van der Waals surface area contributed by atoms with Crippen molar-refractivity contribution in [1.82, 2.24) is 4.98 Å². The van der Waals surface area contributed by atoms with Crippen LogP contribution in [0.25, 0.3) is 11.3 Å². The maximum atomic E-state index is 13.2. The minimum Gasteiger partial charge on any atom is -0.497 e. The number of thiazole rings is 1. The van der Waals surface area contributed by atoms with Crippen LogP contribution < -0.4 is 14.4 Å². The fraction of sp³-hybridized carbons (Fsp3) is 0.360. The van der Waals surface area contributed by atoms with Gasteiger partial charge in [0, 0.05) is 16.9 Å². The number of benzene rings is 2. The summed E-state index contributed by atoms with van der Waals surface area (Å²) in [6.07, 6.45) is 4.24.